The summed E-state index contributed by atoms with van der Waals surface area (Å²) in [6.07, 6.45) is 3.48. The van der Waals surface area contributed by atoms with E-state index in [9.17, 15) is 24.6 Å². The lowest BCUT2D eigenvalue weighted by molar-refractivity contribution is -0.144. The Morgan fingerprint density at radius 3 is 2.52 bits per heavy atom. The van der Waals surface area contributed by atoms with E-state index in [1.165, 1.54) is 4.90 Å². The number of fused-ring (bicyclic) bond motifs is 1. The molecule has 0 unspecified atom stereocenters. The van der Waals surface area contributed by atoms with E-state index in [0.29, 0.717) is 25.3 Å². The molecule has 1 fully saturated rings. The standard InChI is InChI=1S/C30H43N5O5/c1-18(2)26(27(37)33-19(3)28(38)35-14-13-31-25(16-35)29(39)40)32-17-30(5,6)12-11-21-7-8-22-9-10-23(20(4)36)34-24(22)15-21/h7-12,15,18-20,25-26,31-32,36H,13-14,16-17H2,1-6H3,(H,33,37)(H,39,40)/b12-11+/t19-,20+,25-,26-/m0/s1. The van der Waals surface area contributed by atoms with Crippen molar-refractivity contribution in [1.29, 1.82) is 0 Å². The van der Waals surface area contributed by atoms with Crippen LogP contribution in [-0.2, 0) is 14.4 Å². The van der Waals surface area contributed by atoms with E-state index in [2.05, 4.69) is 40.9 Å². The van der Waals surface area contributed by atoms with Crippen LogP contribution >= 0.6 is 0 Å². The number of hydrogen-bond acceptors (Lipinski definition) is 7. The molecule has 0 bridgehead atoms. The monoisotopic (exact) mass is 553 g/mol. The van der Waals surface area contributed by atoms with Gasteiger partial charge in [-0.05, 0) is 42.9 Å². The first-order chi connectivity index (χ1) is 18.8. The predicted molar refractivity (Wildman–Crippen MR) is 155 cm³/mol. The van der Waals surface area contributed by atoms with Gasteiger partial charge in [0.1, 0.15) is 12.1 Å². The second kappa shape index (κ2) is 13.3. The summed E-state index contributed by atoms with van der Waals surface area (Å²) in [5.41, 5.74) is 2.14. The summed E-state index contributed by atoms with van der Waals surface area (Å²) in [7, 11) is 0. The molecule has 5 N–H and O–H groups in total. The summed E-state index contributed by atoms with van der Waals surface area (Å²) in [5, 5.41) is 29.2. The highest BCUT2D eigenvalue weighted by atomic mass is 16.4. The normalized spacial score (nSPS) is 18.6. The third-order valence-corrected chi connectivity index (χ3v) is 7.13. The molecule has 10 heteroatoms. The molecule has 4 atom stereocenters. The maximum absolute atomic E-state index is 13.2. The van der Waals surface area contributed by atoms with Gasteiger partial charge in [-0.15, -0.1) is 0 Å². The van der Waals surface area contributed by atoms with Gasteiger partial charge in [0, 0.05) is 31.6 Å². The van der Waals surface area contributed by atoms with Crippen molar-refractivity contribution < 1.29 is 24.6 Å². The topological polar surface area (TPSA) is 144 Å². The van der Waals surface area contributed by atoms with Crippen molar-refractivity contribution in [3.8, 4) is 0 Å². The largest absolute Gasteiger partial charge is 0.480 e. The van der Waals surface area contributed by atoms with E-state index in [-0.39, 0.29) is 29.7 Å². The van der Waals surface area contributed by atoms with Gasteiger partial charge in [-0.25, -0.2) is 0 Å². The van der Waals surface area contributed by atoms with E-state index in [1.807, 2.05) is 50.3 Å². The Kier molecular flexibility index (Phi) is 10.4. The molecule has 40 heavy (non-hydrogen) atoms. The number of carbonyl (C=O) groups excluding carboxylic acids is 2. The number of carboxylic acid groups (broad SMARTS) is 1. The van der Waals surface area contributed by atoms with Crippen LogP contribution in [0.5, 0.6) is 0 Å². The van der Waals surface area contributed by atoms with Crippen LogP contribution in [0.2, 0.25) is 0 Å². The Bertz CT molecular complexity index is 1240. The molecule has 10 nitrogen and oxygen atoms in total. The third kappa shape index (κ3) is 8.33. The molecule has 2 aromatic rings. The van der Waals surface area contributed by atoms with Crippen molar-refractivity contribution in [1.82, 2.24) is 25.8 Å². The van der Waals surface area contributed by atoms with Crippen molar-refractivity contribution in [2.45, 2.75) is 65.8 Å². The Balaban J connectivity index is 1.60. The first-order valence-corrected chi connectivity index (χ1v) is 13.8. The predicted octanol–water partition coefficient (Wildman–Crippen LogP) is 2.33. The Labute approximate surface area is 236 Å². The number of carboxylic acids is 1. The zero-order valence-electron chi connectivity index (χ0n) is 24.3. The van der Waals surface area contributed by atoms with Crippen LogP contribution in [0.25, 0.3) is 17.0 Å². The van der Waals surface area contributed by atoms with Gasteiger partial charge in [0.2, 0.25) is 11.8 Å². The molecule has 0 spiro atoms. The van der Waals surface area contributed by atoms with Crippen LogP contribution in [0.4, 0.5) is 0 Å². The number of amides is 2. The minimum Gasteiger partial charge on any atom is -0.480 e. The number of piperazine rings is 1. The maximum Gasteiger partial charge on any atom is 0.322 e. The third-order valence-electron chi connectivity index (χ3n) is 7.13. The molecule has 1 aliphatic heterocycles. The second-order valence-corrected chi connectivity index (χ2v) is 11.6. The van der Waals surface area contributed by atoms with Gasteiger partial charge >= 0.3 is 5.97 Å². The van der Waals surface area contributed by atoms with Crippen molar-refractivity contribution in [2.75, 3.05) is 26.2 Å². The van der Waals surface area contributed by atoms with Gasteiger partial charge in [-0.3, -0.25) is 19.4 Å². The smallest absolute Gasteiger partial charge is 0.322 e. The number of aliphatic carboxylic acids is 1. The van der Waals surface area contributed by atoms with Crippen molar-refractivity contribution in [2.24, 2.45) is 11.3 Å². The van der Waals surface area contributed by atoms with Crippen LogP contribution in [-0.4, -0.2) is 82.2 Å². The van der Waals surface area contributed by atoms with Gasteiger partial charge in [-0.2, -0.15) is 0 Å². The molecule has 218 valence electrons. The molecule has 3 rings (SSSR count). The first kappa shape index (κ1) is 31.2. The SMILES string of the molecule is CC(C)[C@H](NCC(C)(C)/C=C/c1ccc2ccc([C@@H](C)O)nc2c1)C(=O)N[C@@H](C)C(=O)N1CCN[C@H](C(=O)O)C1. The molecule has 0 aliphatic carbocycles. The molecule has 1 aromatic carbocycles. The maximum atomic E-state index is 13.2. The van der Waals surface area contributed by atoms with Gasteiger partial charge in [-0.1, -0.05) is 58.0 Å². The Hall–Kier alpha value is -3.34. The van der Waals surface area contributed by atoms with Gasteiger partial charge in [0.25, 0.3) is 0 Å². The Morgan fingerprint density at radius 1 is 1.18 bits per heavy atom. The summed E-state index contributed by atoms with van der Waals surface area (Å²) in [6.45, 7) is 12.7. The van der Waals surface area contributed by atoms with E-state index < -0.39 is 30.2 Å². The van der Waals surface area contributed by atoms with Gasteiger partial charge in [0.05, 0.1) is 23.4 Å². The van der Waals surface area contributed by atoms with Crippen LogP contribution in [0, 0.1) is 11.3 Å². The number of aromatic nitrogens is 1. The van der Waals surface area contributed by atoms with Crippen LogP contribution in [0.3, 0.4) is 0 Å². The van der Waals surface area contributed by atoms with E-state index in [0.717, 1.165) is 16.5 Å². The molecule has 0 saturated carbocycles. The van der Waals surface area contributed by atoms with Crippen molar-refractivity contribution in [3.05, 3.63) is 47.7 Å². The molecule has 2 heterocycles. The van der Waals surface area contributed by atoms with Crippen molar-refractivity contribution in [3.63, 3.8) is 0 Å². The minimum absolute atomic E-state index is 0.0210. The minimum atomic E-state index is -1.00. The lowest BCUT2D eigenvalue weighted by Gasteiger charge is -2.34. The quantitative estimate of drug-likeness (QED) is 0.285. The number of hydrogen-bond donors (Lipinski definition) is 5. The first-order valence-electron chi connectivity index (χ1n) is 13.8. The number of nitrogens with one attached hydrogen (secondary N) is 3. The summed E-state index contributed by atoms with van der Waals surface area (Å²) >= 11 is 0. The molecule has 1 aliphatic rings. The van der Waals surface area contributed by atoms with Gasteiger partial charge < -0.3 is 31.1 Å². The van der Waals surface area contributed by atoms with Crippen LogP contribution in [0.15, 0.2) is 36.4 Å². The van der Waals surface area contributed by atoms with E-state index in [4.69, 9.17) is 0 Å². The lowest BCUT2D eigenvalue weighted by Crippen LogP contribution is -2.60. The molecule has 1 saturated heterocycles. The summed E-state index contributed by atoms with van der Waals surface area (Å²) in [4.78, 5) is 43.4. The number of benzene rings is 1. The van der Waals surface area contributed by atoms with E-state index in [1.54, 1.807) is 13.8 Å². The molecule has 2 amide bonds. The average molecular weight is 554 g/mol. The molecule has 0 radical (unpaired) electrons. The summed E-state index contributed by atoms with van der Waals surface area (Å²) < 4.78 is 0. The lowest BCUT2D eigenvalue weighted by atomic mass is 9.90. The number of rotatable bonds is 11. The number of pyridine rings is 1. The zero-order valence-corrected chi connectivity index (χ0v) is 24.3. The summed E-state index contributed by atoms with van der Waals surface area (Å²) in [6, 6.07) is 7.69. The summed E-state index contributed by atoms with van der Waals surface area (Å²) in [5.74, 6) is -1.59. The molecular weight excluding hydrogens is 510 g/mol. The number of aliphatic hydroxyl groups excluding tert-OH is 1. The highest BCUT2D eigenvalue weighted by Gasteiger charge is 2.32. The van der Waals surface area contributed by atoms with E-state index >= 15 is 0 Å². The number of carbonyl (C=O) groups is 3. The molecule has 1 aromatic heterocycles. The fraction of sp³-hybridized carbons (Fsp3) is 0.533. The van der Waals surface area contributed by atoms with Gasteiger partial charge in [0.15, 0.2) is 0 Å². The Morgan fingerprint density at radius 2 is 1.88 bits per heavy atom. The zero-order chi connectivity index (χ0) is 29.6. The van der Waals surface area contributed by atoms with Crippen LogP contribution < -0.4 is 16.0 Å². The average Bonchev–Trinajstić information content (AvgIpc) is 2.90. The molecular formula is C30H43N5O5. The van der Waals surface area contributed by atoms with Crippen LogP contribution in [0.1, 0.15) is 58.9 Å². The number of aliphatic hydroxyl groups is 1. The fourth-order valence-electron chi connectivity index (χ4n) is 4.63. The fourth-order valence-corrected chi connectivity index (χ4v) is 4.63. The second-order valence-electron chi connectivity index (χ2n) is 11.6. The van der Waals surface area contributed by atoms with Crippen molar-refractivity contribution >= 4 is 34.8 Å². The highest BCUT2D eigenvalue weighted by Crippen LogP contribution is 2.22. The number of nitrogens with zero attached hydrogens (tertiary/aromatic N) is 2. The highest BCUT2D eigenvalue weighted by molar-refractivity contribution is 5.90.